The fourth-order valence-corrected chi connectivity index (χ4v) is 4.23. The maximum atomic E-state index is 10.5. The van der Waals surface area contributed by atoms with Crippen LogP contribution in [0.5, 0.6) is 11.6 Å². The van der Waals surface area contributed by atoms with Crippen LogP contribution in [0.2, 0.25) is 0 Å². The summed E-state index contributed by atoms with van der Waals surface area (Å²) >= 11 is 0. The van der Waals surface area contributed by atoms with Crippen molar-refractivity contribution < 1.29 is 34.6 Å². The third-order valence-electron chi connectivity index (χ3n) is 6.10. The Morgan fingerprint density at radius 3 is 2.40 bits per heavy atom. The molecule has 9 heteroatoms. The molecule has 2 aromatic carbocycles. The molecule has 0 radical (unpaired) electrons. The van der Waals surface area contributed by atoms with Crippen LogP contribution in [0.1, 0.15) is 31.0 Å². The quantitative estimate of drug-likeness (QED) is 0.382. The normalized spacial score (nSPS) is 24.5. The number of benzene rings is 2. The van der Waals surface area contributed by atoms with Crippen molar-refractivity contribution in [3.05, 3.63) is 65.7 Å². The zero-order chi connectivity index (χ0) is 25.1. The SMILES string of the molecule is COc1cccc(-c2c(Cc3ccccc3)c(O[C@@H]3O[C@H](CO)[C@@H](O)[C@H](O)[C@H]3O)nn2C(C)C)c1. The Bertz CT molecular complexity index is 1120. The van der Waals surface area contributed by atoms with E-state index in [1.165, 1.54) is 0 Å². The second kappa shape index (κ2) is 10.8. The molecule has 4 rings (SSSR count). The van der Waals surface area contributed by atoms with Gasteiger partial charge >= 0.3 is 0 Å². The lowest BCUT2D eigenvalue weighted by atomic mass is 9.99. The third kappa shape index (κ3) is 5.19. The van der Waals surface area contributed by atoms with Gasteiger partial charge in [0.1, 0.15) is 30.2 Å². The van der Waals surface area contributed by atoms with E-state index in [4.69, 9.17) is 19.3 Å². The number of hydrogen-bond donors (Lipinski definition) is 4. The van der Waals surface area contributed by atoms with Gasteiger partial charge in [-0.3, -0.25) is 4.68 Å². The molecule has 1 saturated heterocycles. The highest BCUT2D eigenvalue weighted by atomic mass is 16.7. The molecule has 1 fully saturated rings. The molecule has 0 bridgehead atoms. The number of hydrogen-bond acceptors (Lipinski definition) is 8. The molecular formula is C26H32N2O7. The van der Waals surface area contributed by atoms with E-state index in [9.17, 15) is 20.4 Å². The van der Waals surface area contributed by atoms with Crippen molar-refractivity contribution >= 4 is 0 Å². The first-order valence-corrected chi connectivity index (χ1v) is 11.6. The minimum Gasteiger partial charge on any atom is -0.497 e. The fourth-order valence-electron chi connectivity index (χ4n) is 4.23. The lowest BCUT2D eigenvalue weighted by Crippen LogP contribution is -2.60. The Kier molecular flexibility index (Phi) is 7.73. The minimum absolute atomic E-state index is 0.0297. The van der Waals surface area contributed by atoms with E-state index >= 15 is 0 Å². The van der Waals surface area contributed by atoms with E-state index in [0.717, 1.165) is 22.4 Å². The van der Waals surface area contributed by atoms with Crippen molar-refractivity contribution in [2.45, 2.75) is 57.0 Å². The predicted molar refractivity (Wildman–Crippen MR) is 128 cm³/mol. The summed E-state index contributed by atoms with van der Waals surface area (Å²) in [6, 6.07) is 17.5. The molecule has 0 amide bonds. The van der Waals surface area contributed by atoms with Crippen LogP contribution in [0, 0.1) is 0 Å². The molecule has 0 saturated carbocycles. The molecule has 35 heavy (non-hydrogen) atoms. The van der Waals surface area contributed by atoms with Gasteiger partial charge in [0.05, 0.1) is 19.4 Å². The van der Waals surface area contributed by atoms with Crippen LogP contribution in [-0.4, -0.2) is 74.6 Å². The van der Waals surface area contributed by atoms with Crippen LogP contribution in [0.3, 0.4) is 0 Å². The van der Waals surface area contributed by atoms with Crippen LogP contribution in [0.15, 0.2) is 54.6 Å². The highest BCUT2D eigenvalue weighted by Gasteiger charge is 2.45. The Balaban J connectivity index is 1.81. The monoisotopic (exact) mass is 484 g/mol. The average Bonchev–Trinajstić information content (AvgIpc) is 3.23. The van der Waals surface area contributed by atoms with Crippen LogP contribution in [0.4, 0.5) is 0 Å². The molecule has 2 heterocycles. The van der Waals surface area contributed by atoms with Crippen molar-refractivity contribution in [1.29, 1.82) is 0 Å². The number of rotatable bonds is 8. The van der Waals surface area contributed by atoms with E-state index in [-0.39, 0.29) is 11.9 Å². The first-order chi connectivity index (χ1) is 16.8. The van der Waals surface area contributed by atoms with Crippen LogP contribution in [0.25, 0.3) is 11.3 Å². The van der Waals surface area contributed by atoms with Gasteiger partial charge in [0.2, 0.25) is 12.2 Å². The van der Waals surface area contributed by atoms with E-state index in [0.29, 0.717) is 12.2 Å². The molecule has 4 N–H and O–H groups in total. The van der Waals surface area contributed by atoms with E-state index in [1.807, 2.05) is 73.1 Å². The van der Waals surface area contributed by atoms with Gasteiger partial charge in [-0.05, 0) is 31.5 Å². The van der Waals surface area contributed by atoms with Crippen molar-refractivity contribution in [2.75, 3.05) is 13.7 Å². The summed E-state index contributed by atoms with van der Waals surface area (Å²) < 4.78 is 18.9. The van der Waals surface area contributed by atoms with Gasteiger partial charge in [-0.1, -0.05) is 42.5 Å². The standard InChI is InChI=1S/C26H32N2O7/c1-15(2)28-21(17-10-7-11-18(13-17)33-3)19(12-16-8-5-4-6-9-16)25(27-28)35-26-24(32)23(31)22(30)20(14-29)34-26/h4-11,13,15,20,22-24,26,29-32H,12,14H2,1-3H3/t20-,22-,23+,24-,26+/m1/s1. The fraction of sp³-hybridized carbons (Fsp3) is 0.423. The van der Waals surface area contributed by atoms with Gasteiger partial charge in [-0.25, -0.2) is 0 Å². The highest BCUT2D eigenvalue weighted by Crippen LogP contribution is 2.37. The minimum atomic E-state index is -1.55. The Labute approximate surface area is 204 Å². The van der Waals surface area contributed by atoms with Crippen LogP contribution < -0.4 is 9.47 Å². The molecule has 0 spiro atoms. The lowest BCUT2D eigenvalue weighted by Gasteiger charge is -2.39. The molecule has 5 atom stereocenters. The first-order valence-electron chi connectivity index (χ1n) is 11.6. The zero-order valence-corrected chi connectivity index (χ0v) is 20.0. The summed E-state index contributed by atoms with van der Waals surface area (Å²) in [6.45, 7) is 3.46. The van der Waals surface area contributed by atoms with Crippen molar-refractivity contribution in [3.63, 3.8) is 0 Å². The predicted octanol–water partition coefficient (Wildman–Crippen LogP) is 1.91. The van der Waals surface area contributed by atoms with E-state index in [2.05, 4.69) is 0 Å². The van der Waals surface area contributed by atoms with Crippen LogP contribution >= 0.6 is 0 Å². The number of aliphatic hydroxyl groups excluding tert-OH is 4. The summed E-state index contributed by atoms with van der Waals surface area (Å²) in [7, 11) is 1.61. The molecule has 188 valence electrons. The maximum Gasteiger partial charge on any atom is 0.239 e. The molecule has 0 aliphatic carbocycles. The van der Waals surface area contributed by atoms with Gasteiger partial charge in [0.15, 0.2) is 0 Å². The number of aromatic nitrogens is 2. The van der Waals surface area contributed by atoms with E-state index in [1.54, 1.807) is 7.11 Å². The third-order valence-corrected chi connectivity index (χ3v) is 6.10. The summed E-state index contributed by atoms with van der Waals surface area (Å²) in [5.74, 6) is 0.922. The van der Waals surface area contributed by atoms with Gasteiger partial charge < -0.3 is 34.6 Å². The van der Waals surface area contributed by atoms with Gasteiger partial charge in [-0.2, -0.15) is 0 Å². The number of ether oxygens (including phenoxy) is 3. The molecule has 1 aliphatic rings. The summed E-state index contributed by atoms with van der Waals surface area (Å²) in [4.78, 5) is 0. The van der Waals surface area contributed by atoms with Gasteiger partial charge in [-0.15, -0.1) is 5.10 Å². The summed E-state index contributed by atoms with van der Waals surface area (Å²) in [5.41, 5.74) is 3.48. The topological polar surface area (TPSA) is 126 Å². The largest absolute Gasteiger partial charge is 0.497 e. The van der Waals surface area contributed by atoms with E-state index < -0.39 is 37.3 Å². The first kappa shape index (κ1) is 25.2. The lowest BCUT2D eigenvalue weighted by molar-refractivity contribution is -0.278. The Morgan fingerprint density at radius 1 is 1.00 bits per heavy atom. The van der Waals surface area contributed by atoms with Crippen LogP contribution in [-0.2, 0) is 11.2 Å². The second-order valence-electron chi connectivity index (χ2n) is 8.88. The average molecular weight is 485 g/mol. The van der Waals surface area contributed by atoms with Crippen molar-refractivity contribution in [3.8, 4) is 22.9 Å². The summed E-state index contributed by atoms with van der Waals surface area (Å²) in [6.07, 6.45) is -6.50. The smallest absolute Gasteiger partial charge is 0.239 e. The number of methoxy groups -OCH3 is 1. The van der Waals surface area contributed by atoms with Crippen molar-refractivity contribution in [2.24, 2.45) is 0 Å². The van der Waals surface area contributed by atoms with Gasteiger partial charge in [0.25, 0.3) is 0 Å². The molecular weight excluding hydrogens is 452 g/mol. The number of aliphatic hydroxyl groups is 4. The second-order valence-corrected chi connectivity index (χ2v) is 8.88. The Hall–Kier alpha value is -2.95. The molecule has 3 aromatic rings. The molecule has 1 aliphatic heterocycles. The summed E-state index contributed by atoms with van der Waals surface area (Å²) in [5, 5.41) is 45.2. The zero-order valence-electron chi connectivity index (χ0n) is 20.0. The molecule has 9 nitrogen and oxygen atoms in total. The number of nitrogens with zero attached hydrogens (tertiary/aromatic N) is 2. The highest BCUT2D eigenvalue weighted by molar-refractivity contribution is 5.68. The molecule has 0 unspecified atom stereocenters. The Morgan fingerprint density at radius 2 is 1.74 bits per heavy atom. The molecule has 1 aromatic heterocycles. The maximum absolute atomic E-state index is 10.5. The van der Waals surface area contributed by atoms with Gasteiger partial charge in [0, 0.05) is 23.6 Å². The van der Waals surface area contributed by atoms with Crippen molar-refractivity contribution in [1.82, 2.24) is 9.78 Å².